The molecule has 8 rings (SSSR count). The van der Waals surface area contributed by atoms with Crippen LogP contribution < -0.4 is 10.6 Å². The molecule has 0 saturated carbocycles. The molecule has 2 aliphatic heterocycles. The van der Waals surface area contributed by atoms with Gasteiger partial charge < -0.3 is 39.9 Å². The topological polar surface area (TPSA) is 175 Å². The van der Waals surface area contributed by atoms with Crippen LogP contribution in [0.4, 0.5) is 9.59 Å². The summed E-state index contributed by atoms with van der Waals surface area (Å²) in [4.78, 5) is 71.8. The lowest BCUT2D eigenvalue weighted by Crippen LogP contribution is -2.51. The quantitative estimate of drug-likeness (QED) is 0.0944. The Morgan fingerprint density at radius 2 is 1.29 bits per heavy atom. The highest BCUT2D eigenvalue weighted by Crippen LogP contribution is 2.37. The molecule has 14 heteroatoms. The first-order chi connectivity index (χ1) is 30.0. The molecule has 14 nitrogen and oxygen atoms in total. The predicted molar refractivity (Wildman–Crippen MR) is 235 cm³/mol. The number of aromatic amines is 2. The van der Waals surface area contributed by atoms with Crippen molar-refractivity contribution < 1.29 is 28.7 Å². The summed E-state index contributed by atoms with van der Waals surface area (Å²) < 4.78 is 9.61. The summed E-state index contributed by atoms with van der Waals surface area (Å²) >= 11 is 0. The molecule has 0 radical (unpaired) electrons. The Hall–Kier alpha value is -7.22. The molecule has 2 fully saturated rings. The summed E-state index contributed by atoms with van der Waals surface area (Å²) in [7, 11) is 2.56. The number of aromatic nitrogens is 4. The number of H-pyrrole nitrogens is 2. The van der Waals surface area contributed by atoms with Crippen LogP contribution in [0.3, 0.4) is 0 Å². The number of fused-ring (bicyclic) bond motifs is 1. The molecule has 4 N–H and O–H groups in total. The molecule has 6 aromatic rings. The second-order valence-electron chi connectivity index (χ2n) is 16.2. The number of nitrogens with one attached hydrogen (secondary N) is 4. The predicted octanol–water partition coefficient (Wildman–Crippen LogP) is 8.26. The first kappa shape index (κ1) is 41.5. The van der Waals surface area contributed by atoms with Crippen LogP contribution >= 0.6 is 0 Å². The van der Waals surface area contributed by atoms with E-state index in [1.165, 1.54) is 14.2 Å². The van der Waals surface area contributed by atoms with Gasteiger partial charge in [0.1, 0.15) is 23.7 Å². The van der Waals surface area contributed by atoms with Gasteiger partial charge in [-0.1, -0.05) is 105 Å². The van der Waals surface area contributed by atoms with E-state index in [4.69, 9.17) is 19.4 Å². The Morgan fingerprint density at radius 3 is 1.95 bits per heavy atom. The minimum absolute atomic E-state index is 0.147. The molecule has 4 heterocycles. The smallest absolute Gasteiger partial charge is 0.407 e. The van der Waals surface area contributed by atoms with E-state index in [0.717, 1.165) is 62.8 Å². The number of ether oxygens (including phenoxy) is 2. The maximum absolute atomic E-state index is 13.9. The summed E-state index contributed by atoms with van der Waals surface area (Å²) in [6.45, 7) is 8.86. The number of benzene rings is 4. The van der Waals surface area contributed by atoms with Gasteiger partial charge in [-0.15, -0.1) is 0 Å². The fraction of sp³-hybridized carbons (Fsp3) is 0.292. The summed E-state index contributed by atoms with van der Waals surface area (Å²) in [5, 5.41) is 7.56. The van der Waals surface area contributed by atoms with E-state index in [9.17, 15) is 19.2 Å². The Labute approximate surface area is 359 Å². The van der Waals surface area contributed by atoms with Crippen LogP contribution in [0.5, 0.6) is 0 Å². The molecule has 2 saturated heterocycles. The van der Waals surface area contributed by atoms with Crippen molar-refractivity contribution in [1.29, 1.82) is 0 Å². The van der Waals surface area contributed by atoms with Gasteiger partial charge in [-0.05, 0) is 70.3 Å². The molecule has 4 amide bonds. The number of amides is 4. The standard InChI is InChI=1S/C48H50N8O6/c1-28(2)41(53-47(59)61-4)45(57)56-27-29(3)22-40(56)44-50-26-38(52-44)36-20-19-34-23-33(17-18-35(34)24-36)30-13-15-31(16-14-30)37-25-49-43(51-37)39-12-9-21-55(39)46(58)42(54-48(60)62-5)32-10-7-6-8-11-32/h6-8,10-11,13-20,23-26,28,39-42H,3,9,12,21-22,27H2,1-2,4-5H3,(H,49,51)(H,50,52)(H,53,59)(H,54,60)/t39?,40-,41?,42+/m0/s1. The number of hydrogen-bond donors (Lipinski definition) is 4. The van der Waals surface area contributed by atoms with Gasteiger partial charge in [0.2, 0.25) is 5.91 Å². The molecule has 62 heavy (non-hydrogen) atoms. The lowest BCUT2D eigenvalue weighted by Gasteiger charge is -2.29. The van der Waals surface area contributed by atoms with Gasteiger partial charge in [0, 0.05) is 18.7 Å². The van der Waals surface area contributed by atoms with Crippen molar-refractivity contribution in [3.63, 3.8) is 0 Å². The molecule has 2 aliphatic rings. The minimum atomic E-state index is -0.883. The fourth-order valence-electron chi connectivity index (χ4n) is 8.48. The van der Waals surface area contributed by atoms with E-state index in [1.807, 2.05) is 44.2 Å². The summed E-state index contributed by atoms with van der Waals surface area (Å²) in [6, 6.07) is 27.9. The van der Waals surface area contributed by atoms with Gasteiger partial charge >= 0.3 is 12.2 Å². The summed E-state index contributed by atoms with van der Waals surface area (Å²) in [5.74, 6) is 0.799. The number of carbonyl (C=O) groups is 4. The van der Waals surface area contributed by atoms with Gasteiger partial charge in [0.15, 0.2) is 0 Å². The zero-order valence-corrected chi connectivity index (χ0v) is 35.2. The van der Waals surface area contributed by atoms with Crippen LogP contribution in [0.25, 0.3) is 44.4 Å². The fourth-order valence-corrected chi connectivity index (χ4v) is 8.48. The van der Waals surface area contributed by atoms with Gasteiger partial charge in [0.05, 0.1) is 50.1 Å². The molecule has 4 atom stereocenters. The number of methoxy groups -OCH3 is 2. The molecule has 0 bridgehead atoms. The van der Waals surface area contributed by atoms with Crippen molar-refractivity contribution in [2.24, 2.45) is 5.92 Å². The highest BCUT2D eigenvalue weighted by Gasteiger charge is 2.39. The zero-order chi connectivity index (χ0) is 43.5. The Bertz CT molecular complexity index is 2620. The Morgan fingerprint density at radius 1 is 0.710 bits per heavy atom. The van der Waals surface area contributed by atoms with Crippen molar-refractivity contribution in [2.75, 3.05) is 27.3 Å². The second kappa shape index (κ2) is 17.8. The SMILES string of the molecule is C=C1C[C@@H](c2ncc(-c3ccc4cc(-c5ccc(-c6cnc(C7CCCN7C(=O)[C@H](NC(=O)OC)c7ccccc7)[nH]6)cc5)ccc4c3)[nH]2)N(C(=O)C(NC(=O)OC)C(C)C)C1. The number of carbonyl (C=O) groups excluding carboxylic acids is 4. The highest BCUT2D eigenvalue weighted by molar-refractivity contribution is 5.91. The number of likely N-dealkylation sites (tertiary alicyclic amines) is 2. The first-order valence-electron chi connectivity index (χ1n) is 20.8. The first-order valence-corrected chi connectivity index (χ1v) is 20.8. The molecule has 4 aromatic carbocycles. The van der Waals surface area contributed by atoms with E-state index in [1.54, 1.807) is 22.2 Å². The Kier molecular flexibility index (Phi) is 11.9. The molecule has 2 aromatic heterocycles. The lowest BCUT2D eigenvalue weighted by atomic mass is 9.98. The van der Waals surface area contributed by atoms with Crippen molar-refractivity contribution in [1.82, 2.24) is 40.4 Å². The van der Waals surface area contributed by atoms with Gasteiger partial charge in [-0.25, -0.2) is 19.6 Å². The molecule has 2 unspecified atom stereocenters. The van der Waals surface area contributed by atoms with Crippen LogP contribution in [0.1, 0.15) is 68.4 Å². The van der Waals surface area contributed by atoms with Gasteiger partial charge in [0.25, 0.3) is 5.91 Å². The van der Waals surface area contributed by atoms with Crippen LogP contribution in [0.15, 0.2) is 116 Å². The number of nitrogens with zero attached hydrogens (tertiary/aromatic N) is 4. The molecular formula is C48H50N8O6. The Balaban J connectivity index is 0.950. The largest absolute Gasteiger partial charge is 0.453 e. The van der Waals surface area contributed by atoms with Crippen LogP contribution in [-0.2, 0) is 19.1 Å². The van der Waals surface area contributed by atoms with E-state index < -0.39 is 24.3 Å². The van der Waals surface area contributed by atoms with Gasteiger partial charge in [-0.3, -0.25) is 9.59 Å². The monoisotopic (exact) mass is 834 g/mol. The number of hydrogen-bond acceptors (Lipinski definition) is 8. The van der Waals surface area contributed by atoms with Crippen molar-refractivity contribution in [2.45, 2.75) is 57.3 Å². The normalized spacial score (nSPS) is 17.3. The average molecular weight is 835 g/mol. The summed E-state index contributed by atoms with van der Waals surface area (Å²) in [6.07, 6.45) is 4.41. The number of imidazole rings is 2. The minimum Gasteiger partial charge on any atom is -0.453 e. The summed E-state index contributed by atoms with van der Waals surface area (Å²) in [5.41, 5.74) is 7.35. The molecule has 318 valence electrons. The van der Waals surface area contributed by atoms with Crippen molar-refractivity contribution in [3.8, 4) is 33.6 Å². The highest BCUT2D eigenvalue weighted by atomic mass is 16.5. The van der Waals surface area contributed by atoms with E-state index in [0.29, 0.717) is 36.7 Å². The number of rotatable bonds is 11. The third-order valence-electron chi connectivity index (χ3n) is 11.8. The molecule has 0 spiro atoms. The van der Waals surface area contributed by atoms with Crippen LogP contribution in [0, 0.1) is 5.92 Å². The molecular weight excluding hydrogens is 785 g/mol. The zero-order valence-electron chi connectivity index (χ0n) is 35.2. The second-order valence-corrected chi connectivity index (χ2v) is 16.2. The van der Waals surface area contributed by atoms with E-state index in [-0.39, 0.29) is 29.8 Å². The van der Waals surface area contributed by atoms with E-state index >= 15 is 0 Å². The maximum atomic E-state index is 13.9. The number of alkyl carbamates (subject to hydrolysis) is 2. The lowest BCUT2D eigenvalue weighted by molar-refractivity contribution is -0.135. The third-order valence-corrected chi connectivity index (χ3v) is 11.8. The van der Waals surface area contributed by atoms with Crippen LogP contribution in [0.2, 0.25) is 0 Å². The van der Waals surface area contributed by atoms with E-state index in [2.05, 4.69) is 87.8 Å². The van der Waals surface area contributed by atoms with Crippen LogP contribution in [-0.4, -0.2) is 87.1 Å². The van der Waals surface area contributed by atoms with Crippen molar-refractivity contribution in [3.05, 3.63) is 133 Å². The average Bonchev–Trinajstić information content (AvgIpc) is 4.14. The maximum Gasteiger partial charge on any atom is 0.407 e. The molecule has 0 aliphatic carbocycles. The third kappa shape index (κ3) is 8.53. The van der Waals surface area contributed by atoms with Crippen molar-refractivity contribution >= 4 is 34.8 Å². The van der Waals surface area contributed by atoms with Gasteiger partial charge in [-0.2, -0.15) is 0 Å².